The Balaban J connectivity index is 1.61. The summed E-state index contributed by atoms with van der Waals surface area (Å²) < 4.78 is 19.1. The van der Waals surface area contributed by atoms with Crippen LogP contribution in [0.3, 0.4) is 0 Å². The molecule has 0 aromatic heterocycles. The van der Waals surface area contributed by atoms with Crippen molar-refractivity contribution in [3.05, 3.63) is 66.0 Å². The van der Waals surface area contributed by atoms with E-state index >= 15 is 0 Å². The summed E-state index contributed by atoms with van der Waals surface area (Å²) in [5.74, 6) is -0.394. The van der Waals surface area contributed by atoms with Crippen LogP contribution >= 0.6 is 0 Å². The maximum absolute atomic E-state index is 13.9. The number of hydrogen-bond acceptors (Lipinski definition) is 4. The standard InChI is InChI=1S/C20H22FN3O3/c21-16-8-4-5-9-17(16)23-10-12-24(13-11-23)19(25)14-18(27-20(22)26)15-6-2-1-3-7-15/h1-9,18H,10-14H2,(H2,22,26). The maximum atomic E-state index is 13.9. The van der Waals surface area contributed by atoms with Crippen molar-refractivity contribution in [3.63, 3.8) is 0 Å². The third-order valence-electron chi connectivity index (χ3n) is 4.62. The van der Waals surface area contributed by atoms with Gasteiger partial charge < -0.3 is 20.3 Å². The minimum absolute atomic E-state index is 0.0205. The Hall–Kier alpha value is -3.09. The van der Waals surface area contributed by atoms with Crippen molar-refractivity contribution in [1.82, 2.24) is 4.90 Å². The summed E-state index contributed by atoms with van der Waals surface area (Å²) >= 11 is 0. The summed E-state index contributed by atoms with van der Waals surface area (Å²) in [6.07, 6.45) is -1.62. The van der Waals surface area contributed by atoms with Crippen LogP contribution in [0.4, 0.5) is 14.9 Å². The van der Waals surface area contributed by atoms with E-state index in [0.717, 1.165) is 5.56 Å². The molecule has 0 radical (unpaired) electrons. The number of primary amides is 1. The van der Waals surface area contributed by atoms with Crippen molar-refractivity contribution in [3.8, 4) is 0 Å². The van der Waals surface area contributed by atoms with Gasteiger partial charge in [-0.1, -0.05) is 42.5 Å². The topological polar surface area (TPSA) is 75.9 Å². The first-order chi connectivity index (χ1) is 13.0. The molecule has 2 N–H and O–H groups in total. The van der Waals surface area contributed by atoms with Crippen LogP contribution in [0.15, 0.2) is 54.6 Å². The van der Waals surface area contributed by atoms with Crippen molar-refractivity contribution in [2.45, 2.75) is 12.5 Å². The van der Waals surface area contributed by atoms with Gasteiger partial charge in [0.15, 0.2) is 0 Å². The Labute approximate surface area is 157 Å². The van der Waals surface area contributed by atoms with Crippen LogP contribution in [0, 0.1) is 5.82 Å². The number of rotatable bonds is 5. The largest absolute Gasteiger partial charge is 0.441 e. The molecule has 1 unspecified atom stereocenters. The molecule has 1 aliphatic rings. The van der Waals surface area contributed by atoms with E-state index in [0.29, 0.717) is 31.9 Å². The van der Waals surface area contributed by atoms with Gasteiger partial charge in [-0.2, -0.15) is 0 Å². The number of benzene rings is 2. The van der Waals surface area contributed by atoms with Crippen molar-refractivity contribution >= 4 is 17.7 Å². The number of anilines is 1. The van der Waals surface area contributed by atoms with Gasteiger partial charge in [-0.25, -0.2) is 9.18 Å². The van der Waals surface area contributed by atoms with Crippen LogP contribution in [0.25, 0.3) is 0 Å². The molecule has 0 bridgehead atoms. The quantitative estimate of drug-likeness (QED) is 0.877. The molecule has 6 nitrogen and oxygen atoms in total. The van der Waals surface area contributed by atoms with E-state index in [1.54, 1.807) is 35.2 Å². The number of halogens is 1. The van der Waals surface area contributed by atoms with Crippen LogP contribution in [-0.4, -0.2) is 43.1 Å². The van der Waals surface area contributed by atoms with Gasteiger partial charge in [0.25, 0.3) is 0 Å². The normalized spacial score (nSPS) is 15.3. The number of piperazine rings is 1. The summed E-state index contributed by atoms with van der Waals surface area (Å²) in [7, 11) is 0. The number of amides is 2. The Kier molecular flexibility index (Phi) is 5.90. The first-order valence-electron chi connectivity index (χ1n) is 8.83. The van der Waals surface area contributed by atoms with Crippen molar-refractivity contribution in [1.29, 1.82) is 0 Å². The highest BCUT2D eigenvalue weighted by molar-refractivity contribution is 5.78. The second-order valence-corrected chi connectivity index (χ2v) is 6.36. The molecule has 1 aliphatic heterocycles. The lowest BCUT2D eigenvalue weighted by molar-refractivity contribution is -0.133. The van der Waals surface area contributed by atoms with E-state index in [-0.39, 0.29) is 18.1 Å². The summed E-state index contributed by atoms with van der Waals surface area (Å²) in [4.78, 5) is 27.5. The average molecular weight is 371 g/mol. The zero-order chi connectivity index (χ0) is 19.2. The van der Waals surface area contributed by atoms with E-state index in [2.05, 4.69) is 0 Å². The molecule has 7 heteroatoms. The number of para-hydroxylation sites is 1. The summed E-state index contributed by atoms with van der Waals surface area (Å²) in [5, 5.41) is 0. The van der Waals surface area contributed by atoms with Gasteiger partial charge in [-0.05, 0) is 17.7 Å². The van der Waals surface area contributed by atoms with Gasteiger partial charge in [0.05, 0.1) is 12.1 Å². The Morgan fingerprint density at radius 2 is 1.63 bits per heavy atom. The van der Waals surface area contributed by atoms with E-state index in [1.807, 2.05) is 23.1 Å². The SMILES string of the molecule is NC(=O)OC(CC(=O)N1CCN(c2ccccc2F)CC1)c1ccccc1. The van der Waals surface area contributed by atoms with Gasteiger partial charge >= 0.3 is 6.09 Å². The number of nitrogens with two attached hydrogens (primary N) is 1. The van der Waals surface area contributed by atoms with E-state index in [4.69, 9.17) is 10.5 Å². The molecule has 1 atom stereocenters. The summed E-state index contributed by atoms with van der Waals surface area (Å²) in [5.41, 5.74) is 6.42. The smallest absolute Gasteiger partial charge is 0.405 e. The van der Waals surface area contributed by atoms with Gasteiger partial charge in [-0.3, -0.25) is 4.79 Å². The molecule has 27 heavy (non-hydrogen) atoms. The number of ether oxygens (including phenoxy) is 1. The second kappa shape index (κ2) is 8.53. The van der Waals surface area contributed by atoms with E-state index in [1.165, 1.54) is 6.07 Å². The maximum Gasteiger partial charge on any atom is 0.405 e. The fraction of sp³-hybridized carbons (Fsp3) is 0.300. The third-order valence-corrected chi connectivity index (χ3v) is 4.62. The van der Waals surface area contributed by atoms with Crippen LogP contribution in [-0.2, 0) is 9.53 Å². The molecule has 1 heterocycles. The zero-order valence-corrected chi connectivity index (χ0v) is 14.9. The van der Waals surface area contributed by atoms with Crippen LogP contribution in [0.2, 0.25) is 0 Å². The Morgan fingerprint density at radius 1 is 1.00 bits per heavy atom. The number of carbonyl (C=O) groups excluding carboxylic acids is 2. The van der Waals surface area contributed by atoms with Crippen molar-refractivity contribution in [2.24, 2.45) is 5.73 Å². The molecule has 0 saturated carbocycles. The lowest BCUT2D eigenvalue weighted by Crippen LogP contribution is -2.49. The molecular formula is C20H22FN3O3. The number of nitrogens with zero attached hydrogens (tertiary/aromatic N) is 2. The minimum atomic E-state index is -0.916. The molecule has 1 fully saturated rings. The van der Waals surface area contributed by atoms with Crippen LogP contribution in [0.1, 0.15) is 18.1 Å². The second-order valence-electron chi connectivity index (χ2n) is 6.36. The highest BCUT2D eigenvalue weighted by Crippen LogP contribution is 2.24. The van der Waals surface area contributed by atoms with Gasteiger partial charge in [0, 0.05) is 26.2 Å². The molecule has 0 spiro atoms. The Morgan fingerprint density at radius 3 is 2.26 bits per heavy atom. The highest BCUT2D eigenvalue weighted by atomic mass is 19.1. The number of carbonyl (C=O) groups is 2. The van der Waals surface area contributed by atoms with E-state index < -0.39 is 12.2 Å². The monoisotopic (exact) mass is 371 g/mol. The van der Waals surface area contributed by atoms with Crippen LogP contribution in [0.5, 0.6) is 0 Å². The molecular weight excluding hydrogens is 349 g/mol. The minimum Gasteiger partial charge on any atom is -0.441 e. The van der Waals surface area contributed by atoms with Gasteiger partial charge in [0.1, 0.15) is 11.9 Å². The third kappa shape index (κ3) is 4.75. The summed E-state index contributed by atoms with van der Waals surface area (Å²) in [6.45, 7) is 2.04. The average Bonchev–Trinajstić information content (AvgIpc) is 2.68. The predicted octanol–water partition coefficient (Wildman–Crippen LogP) is 2.70. The molecule has 3 rings (SSSR count). The fourth-order valence-corrected chi connectivity index (χ4v) is 3.23. The van der Waals surface area contributed by atoms with E-state index in [9.17, 15) is 14.0 Å². The number of hydrogen-bond donors (Lipinski definition) is 1. The van der Waals surface area contributed by atoms with Crippen molar-refractivity contribution < 1.29 is 18.7 Å². The predicted molar refractivity (Wildman–Crippen MR) is 99.7 cm³/mol. The van der Waals surface area contributed by atoms with Crippen LogP contribution < -0.4 is 10.6 Å². The first-order valence-corrected chi connectivity index (χ1v) is 8.83. The molecule has 1 saturated heterocycles. The molecule has 2 amide bonds. The zero-order valence-electron chi connectivity index (χ0n) is 14.9. The summed E-state index contributed by atoms with van der Waals surface area (Å²) in [6, 6.07) is 15.7. The molecule has 142 valence electrons. The lowest BCUT2D eigenvalue weighted by Gasteiger charge is -2.36. The lowest BCUT2D eigenvalue weighted by atomic mass is 10.1. The van der Waals surface area contributed by atoms with Crippen molar-refractivity contribution in [2.75, 3.05) is 31.1 Å². The first kappa shape index (κ1) is 18.7. The fourth-order valence-electron chi connectivity index (χ4n) is 3.23. The molecule has 2 aromatic carbocycles. The highest BCUT2D eigenvalue weighted by Gasteiger charge is 2.26. The Bertz CT molecular complexity index is 792. The molecule has 0 aliphatic carbocycles. The van der Waals surface area contributed by atoms with Gasteiger partial charge in [-0.15, -0.1) is 0 Å². The molecule has 2 aromatic rings. The van der Waals surface area contributed by atoms with Gasteiger partial charge in [0.2, 0.25) is 5.91 Å².